The van der Waals surface area contributed by atoms with E-state index in [-0.39, 0.29) is 6.61 Å². The SMILES string of the molecule is [CH2]COC(=O)N(CCN)CCN. The van der Waals surface area contributed by atoms with E-state index >= 15 is 0 Å². The van der Waals surface area contributed by atoms with Gasteiger partial charge in [0.1, 0.15) is 0 Å². The van der Waals surface area contributed by atoms with Gasteiger partial charge < -0.3 is 21.1 Å². The summed E-state index contributed by atoms with van der Waals surface area (Å²) in [6.45, 7) is 5.28. The molecule has 0 saturated heterocycles. The van der Waals surface area contributed by atoms with Crippen molar-refractivity contribution < 1.29 is 9.53 Å². The van der Waals surface area contributed by atoms with Crippen LogP contribution in [-0.2, 0) is 4.74 Å². The van der Waals surface area contributed by atoms with Gasteiger partial charge in [-0.3, -0.25) is 0 Å². The van der Waals surface area contributed by atoms with Crippen LogP contribution in [0, 0.1) is 6.92 Å². The Morgan fingerprint density at radius 3 is 2.17 bits per heavy atom. The summed E-state index contributed by atoms with van der Waals surface area (Å²) in [4.78, 5) is 12.5. The lowest BCUT2D eigenvalue weighted by molar-refractivity contribution is 0.114. The van der Waals surface area contributed by atoms with Gasteiger partial charge in [-0.1, -0.05) is 0 Å². The number of hydrogen-bond acceptors (Lipinski definition) is 4. The number of carbonyl (C=O) groups excluding carboxylic acids is 1. The molecule has 1 amide bonds. The molecule has 1 radical (unpaired) electrons. The Morgan fingerprint density at radius 2 is 1.83 bits per heavy atom. The maximum absolute atomic E-state index is 11.1. The van der Waals surface area contributed by atoms with E-state index in [1.807, 2.05) is 0 Å². The molecule has 0 aliphatic rings. The number of hydrogen-bond donors (Lipinski definition) is 2. The van der Waals surface area contributed by atoms with Gasteiger partial charge in [-0.2, -0.15) is 0 Å². The van der Waals surface area contributed by atoms with Crippen LogP contribution in [0.1, 0.15) is 0 Å². The van der Waals surface area contributed by atoms with Crippen LogP contribution in [0.4, 0.5) is 4.79 Å². The Kier molecular flexibility index (Phi) is 6.41. The summed E-state index contributed by atoms with van der Waals surface area (Å²) in [5, 5.41) is 0. The monoisotopic (exact) mass is 174 g/mol. The first kappa shape index (κ1) is 11.2. The zero-order chi connectivity index (χ0) is 9.40. The lowest BCUT2D eigenvalue weighted by Gasteiger charge is -2.19. The number of rotatable bonds is 5. The molecule has 5 heteroatoms. The van der Waals surface area contributed by atoms with Crippen LogP contribution in [0.25, 0.3) is 0 Å². The highest BCUT2D eigenvalue weighted by Crippen LogP contribution is 1.91. The van der Waals surface area contributed by atoms with Crippen molar-refractivity contribution in [1.82, 2.24) is 4.90 Å². The van der Waals surface area contributed by atoms with Crippen LogP contribution in [0.3, 0.4) is 0 Å². The van der Waals surface area contributed by atoms with Crippen molar-refractivity contribution in [3.05, 3.63) is 6.92 Å². The summed E-state index contributed by atoms with van der Waals surface area (Å²) < 4.78 is 4.67. The summed E-state index contributed by atoms with van der Waals surface area (Å²) in [6.07, 6.45) is -0.402. The van der Waals surface area contributed by atoms with Crippen molar-refractivity contribution in [2.24, 2.45) is 11.5 Å². The molecule has 0 rings (SSSR count). The summed E-state index contributed by atoms with van der Waals surface area (Å²) in [5.41, 5.74) is 10.6. The van der Waals surface area contributed by atoms with Gasteiger partial charge >= 0.3 is 6.09 Å². The highest BCUT2D eigenvalue weighted by Gasteiger charge is 2.11. The molecule has 0 saturated carbocycles. The van der Waals surface area contributed by atoms with Crippen LogP contribution in [0.2, 0.25) is 0 Å². The van der Waals surface area contributed by atoms with Crippen LogP contribution < -0.4 is 11.5 Å². The second kappa shape index (κ2) is 6.87. The molecule has 0 aliphatic carbocycles. The van der Waals surface area contributed by atoms with Gasteiger partial charge in [-0.15, -0.1) is 0 Å². The minimum atomic E-state index is -0.402. The van der Waals surface area contributed by atoms with Gasteiger partial charge in [0.05, 0.1) is 6.61 Å². The molecule has 0 bridgehead atoms. The first-order valence-corrected chi connectivity index (χ1v) is 3.87. The zero-order valence-electron chi connectivity index (χ0n) is 7.16. The van der Waals surface area contributed by atoms with Gasteiger partial charge in [0.2, 0.25) is 0 Å². The number of ether oxygens (including phenoxy) is 1. The third-order valence-corrected chi connectivity index (χ3v) is 1.28. The van der Waals surface area contributed by atoms with Crippen LogP contribution in [0.15, 0.2) is 0 Å². The van der Waals surface area contributed by atoms with Crippen molar-refractivity contribution in [1.29, 1.82) is 0 Å². The van der Waals surface area contributed by atoms with E-state index in [1.165, 1.54) is 4.90 Å². The normalized spacial score (nSPS) is 9.58. The molecule has 0 fully saturated rings. The summed E-state index contributed by atoms with van der Waals surface area (Å²) in [7, 11) is 0. The van der Waals surface area contributed by atoms with E-state index in [9.17, 15) is 4.79 Å². The maximum atomic E-state index is 11.1. The predicted octanol–water partition coefficient (Wildman–Crippen LogP) is -0.824. The topological polar surface area (TPSA) is 81.6 Å². The van der Waals surface area contributed by atoms with Gasteiger partial charge in [-0.25, -0.2) is 4.79 Å². The largest absolute Gasteiger partial charge is 0.449 e. The fourth-order valence-electron chi connectivity index (χ4n) is 0.785. The number of nitrogens with zero attached hydrogens (tertiary/aromatic N) is 1. The molecule has 0 unspecified atom stereocenters. The fourth-order valence-corrected chi connectivity index (χ4v) is 0.785. The molecule has 0 atom stereocenters. The molecule has 71 valence electrons. The molecule has 0 aromatic carbocycles. The first-order valence-electron chi connectivity index (χ1n) is 3.87. The van der Waals surface area contributed by atoms with Crippen molar-refractivity contribution in [2.75, 3.05) is 32.8 Å². The van der Waals surface area contributed by atoms with E-state index in [2.05, 4.69) is 11.7 Å². The molecule has 12 heavy (non-hydrogen) atoms. The first-order chi connectivity index (χ1) is 5.76. The number of amides is 1. The maximum Gasteiger partial charge on any atom is 0.409 e. The van der Waals surface area contributed by atoms with Crippen molar-refractivity contribution in [2.45, 2.75) is 0 Å². The molecule has 0 aliphatic heterocycles. The summed E-state index contributed by atoms with van der Waals surface area (Å²) >= 11 is 0. The highest BCUT2D eigenvalue weighted by molar-refractivity contribution is 5.67. The molecule has 0 aromatic heterocycles. The van der Waals surface area contributed by atoms with Gasteiger partial charge in [0, 0.05) is 26.2 Å². The minimum Gasteiger partial charge on any atom is -0.449 e. The standard InChI is InChI=1S/C7H16N3O2/c1-2-12-7(11)10(5-3-8)6-4-9/h1-6,8-9H2. The summed E-state index contributed by atoms with van der Waals surface area (Å²) in [5.74, 6) is 0. The van der Waals surface area contributed by atoms with E-state index in [0.717, 1.165) is 0 Å². The second-order valence-corrected chi connectivity index (χ2v) is 2.18. The minimum absolute atomic E-state index is 0.129. The quantitative estimate of drug-likeness (QED) is 0.570. The van der Waals surface area contributed by atoms with Gasteiger partial charge in [0.25, 0.3) is 0 Å². The van der Waals surface area contributed by atoms with Crippen molar-refractivity contribution >= 4 is 6.09 Å². The van der Waals surface area contributed by atoms with Crippen LogP contribution in [0.5, 0.6) is 0 Å². The molecular weight excluding hydrogens is 158 g/mol. The fraction of sp³-hybridized carbons (Fsp3) is 0.714. The zero-order valence-corrected chi connectivity index (χ0v) is 7.16. The number of carbonyl (C=O) groups is 1. The Morgan fingerprint density at radius 1 is 1.33 bits per heavy atom. The predicted molar refractivity (Wildman–Crippen MR) is 46.4 cm³/mol. The molecule has 0 heterocycles. The van der Waals surface area contributed by atoms with E-state index in [4.69, 9.17) is 11.5 Å². The lowest BCUT2D eigenvalue weighted by atomic mass is 10.5. The molecular formula is C7H16N3O2. The van der Waals surface area contributed by atoms with Crippen LogP contribution >= 0.6 is 0 Å². The average molecular weight is 174 g/mol. The average Bonchev–Trinajstić information content (AvgIpc) is 2.04. The Balaban J connectivity index is 3.81. The molecule has 5 nitrogen and oxygen atoms in total. The molecule has 0 spiro atoms. The Hall–Kier alpha value is -0.810. The van der Waals surface area contributed by atoms with E-state index in [0.29, 0.717) is 26.2 Å². The van der Waals surface area contributed by atoms with Crippen molar-refractivity contribution in [3.8, 4) is 0 Å². The second-order valence-electron chi connectivity index (χ2n) is 2.18. The van der Waals surface area contributed by atoms with Crippen LogP contribution in [-0.4, -0.2) is 43.8 Å². The molecule has 0 aromatic rings. The van der Waals surface area contributed by atoms with Crippen molar-refractivity contribution in [3.63, 3.8) is 0 Å². The molecule has 4 N–H and O–H groups in total. The number of nitrogens with two attached hydrogens (primary N) is 2. The highest BCUT2D eigenvalue weighted by atomic mass is 16.6. The van der Waals surface area contributed by atoms with Gasteiger partial charge in [-0.05, 0) is 6.92 Å². The van der Waals surface area contributed by atoms with Gasteiger partial charge in [0.15, 0.2) is 0 Å². The lowest BCUT2D eigenvalue weighted by Crippen LogP contribution is -2.39. The Bertz CT molecular complexity index is 124. The Labute approximate surface area is 72.6 Å². The smallest absolute Gasteiger partial charge is 0.409 e. The van der Waals surface area contributed by atoms with E-state index < -0.39 is 6.09 Å². The van der Waals surface area contributed by atoms with E-state index in [1.54, 1.807) is 0 Å². The summed E-state index contributed by atoms with van der Waals surface area (Å²) in [6, 6.07) is 0. The third kappa shape index (κ3) is 4.15. The third-order valence-electron chi connectivity index (χ3n) is 1.28.